The van der Waals surface area contributed by atoms with Crippen LogP contribution in [0, 0.1) is 0 Å². The number of rotatable bonds is 8. The predicted molar refractivity (Wildman–Crippen MR) is 123 cm³/mol. The lowest BCUT2D eigenvalue weighted by molar-refractivity contribution is -0.139. The number of carbonyl (C=O) groups excluding carboxylic acids is 2. The van der Waals surface area contributed by atoms with E-state index in [9.17, 15) is 14.7 Å². The van der Waals surface area contributed by atoms with Crippen LogP contribution in [0.25, 0.3) is 5.76 Å². The molecule has 3 rings (SSSR count). The van der Waals surface area contributed by atoms with Gasteiger partial charge in [0, 0.05) is 17.1 Å². The molecule has 0 bridgehead atoms. The Labute approximate surface area is 192 Å². The van der Waals surface area contributed by atoms with Crippen molar-refractivity contribution in [2.24, 2.45) is 0 Å². The quantitative estimate of drug-likeness (QED) is 0.369. The van der Waals surface area contributed by atoms with E-state index in [2.05, 4.69) is 0 Å². The molecule has 1 heterocycles. The van der Waals surface area contributed by atoms with Crippen LogP contribution in [0.3, 0.4) is 0 Å². The summed E-state index contributed by atoms with van der Waals surface area (Å²) >= 11 is 6.20. The van der Waals surface area contributed by atoms with Gasteiger partial charge in [-0.2, -0.15) is 0 Å². The van der Waals surface area contributed by atoms with E-state index in [1.165, 1.54) is 19.1 Å². The zero-order chi connectivity index (χ0) is 23.4. The number of benzene rings is 2. The molecule has 1 aliphatic heterocycles. The lowest BCUT2D eigenvalue weighted by Gasteiger charge is -2.26. The largest absolute Gasteiger partial charge is 0.507 e. The number of aliphatic hydroxyl groups is 1. The molecule has 32 heavy (non-hydrogen) atoms. The molecule has 1 saturated heterocycles. The van der Waals surface area contributed by atoms with E-state index in [1.807, 2.05) is 19.0 Å². The van der Waals surface area contributed by atoms with Crippen molar-refractivity contribution < 1.29 is 24.2 Å². The Hall–Kier alpha value is -3.03. The first kappa shape index (κ1) is 23.6. The minimum Gasteiger partial charge on any atom is -0.507 e. The normalized spacial score (nSPS) is 17.8. The van der Waals surface area contributed by atoms with E-state index < -0.39 is 17.7 Å². The number of aliphatic hydroxyl groups excluding tert-OH is 1. The Morgan fingerprint density at radius 1 is 1.09 bits per heavy atom. The van der Waals surface area contributed by atoms with Crippen molar-refractivity contribution in [3.8, 4) is 11.5 Å². The number of halogens is 1. The van der Waals surface area contributed by atoms with Gasteiger partial charge in [-0.3, -0.25) is 9.59 Å². The molecular formula is C24H27ClN2O5. The Balaban J connectivity index is 2.12. The molecule has 2 aromatic carbocycles. The fourth-order valence-corrected chi connectivity index (χ4v) is 4.03. The van der Waals surface area contributed by atoms with Crippen molar-refractivity contribution in [3.05, 3.63) is 64.2 Å². The molecule has 1 aliphatic rings. The predicted octanol–water partition coefficient (Wildman–Crippen LogP) is 3.73. The third-order valence-corrected chi connectivity index (χ3v) is 5.60. The maximum Gasteiger partial charge on any atom is 0.295 e. The SMILES string of the molecule is COc1ccc(/C(O)=C2/C(=O)C(=O)N(CCCN(C)C)[C@H]2c2cccc(Cl)c2)cc1OC. The average molecular weight is 459 g/mol. The molecule has 170 valence electrons. The second-order valence-electron chi connectivity index (χ2n) is 7.77. The Morgan fingerprint density at radius 3 is 2.44 bits per heavy atom. The van der Waals surface area contributed by atoms with Crippen molar-refractivity contribution >= 4 is 29.1 Å². The lowest BCUT2D eigenvalue weighted by Crippen LogP contribution is -2.32. The number of amides is 1. The van der Waals surface area contributed by atoms with E-state index >= 15 is 0 Å². The standard InChI is InChI=1S/C24H27ClN2O5/c1-26(2)11-6-12-27-21(15-7-5-8-17(25)13-15)20(23(29)24(27)30)22(28)16-9-10-18(31-3)19(14-16)32-4/h5,7-10,13-14,21,28H,6,11-12H2,1-4H3/b22-20-/t21-/m0/s1. The molecule has 0 aromatic heterocycles. The minimum atomic E-state index is -0.746. The van der Waals surface area contributed by atoms with Crippen molar-refractivity contribution in [3.63, 3.8) is 0 Å². The highest BCUT2D eigenvalue weighted by molar-refractivity contribution is 6.46. The molecule has 0 unspecified atom stereocenters. The van der Waals surface area contributed by atoms with E-state index in [1.54, 1.807) is 42.5 Å². The lowest BCUT2D eigenvalue weighted by atomic mass is 9.95. The van der Waals surface area contributed by atoms with E-state index in [0.717, 1.165) is 6.54 Å². The monoisotopic (exact) mass is 458 g/mol. The molecule has 1 amide bonds. The first-order chi connectivity index (χ1) is 15.3. The molecule has 0 aliphatic carbocycles. The van der Waals surface area contributed by atoms with Crippen LogP contribution in [-0.2, 0) is 9.59 Å². The summed E-state index contributed by atoms with van der Waals surface area (Å²) in [6, 6.07) is 11.1. The summed E-state index contributed by atoms with van der Waals surface area (Å²) in [5.74, 6) is -0.761. The number of hydrogen-bond donors (Lipinski definition) is 1. The average Bonchev–Trinajstić information content (AvgIpc) is 3.02. The van der Waals surface area contributed by atoms with Gasteiger partial charge in [0.2, 0.25) is 0 Å². The van der Waals surface area contributed by atoms with Crippen LogP contribution in [0.5, 0.6) is 11.5 Å². The number of nitrogens with zero attached hydrogens (tertiary/aromatic N) is 2. The van der Waals surface area contributed by atoms with Crippen molar-refractivity contribution in [1.29, 1.82) is 0 Å². The Bertz CT molecular complexity index is 1050. The molecule has 1 N–H and O–H groups in total. The molecule has 0 saturated carbocycles. The van der Waals surface area contributed by atoms with Crippen LogP contribution in [0.2, 0.25) is 5.02 Å². The van der Waals surface area contributed by atoms with Crippen LogP contribution < -0.4 is 9.47 Å². The van der Waals surface area contributed by atoms with Gasteiger partial charge < -0.3 is 24.4 Å². The summed E-state index contributed by atoms with van der Waals surface area (Å²) in [7, 11) is 6.88. The van der Waals surface area contributed by atoms with E-state index in [-0.39, 0.29) is 11.3 Å². The number of methoxy groups -OCH3 is 2. The summed E-state index contributed by atoms with van der Waals surface area (Å²) in [5.41, 5.74) is 1.03. The first-order valence-electron chi connectivity index (χ1n) is 10.2. The number of ketones is 1. The molecule has 2 aromatic rings. The molecule has 8 heteroatoms. The molecule has 1 atom stereocenters. The van der Waals surface area contributed by atoms with Crippen LogP contribution in [-0.4, -0.2) is 68.0 Å². The topological polar surface area (TPSA) is 79.3 Å². The summed E-state index contributed by atoms with van der Waals surface area (Å²) in [4.78, 5) is 29.5. The van der Waals surface area contributed by atoms with Gasteiger partial charge in [0.05, 0.1) is 25.8 Å². The van der Waals surface area contributed by atoms with Gasteiger partial charge >= 0.3 is 0 Å². The fourth-order valence-electron chi connectivity index (χ4n) is 3.83. The summed E-state index contributed by atoms with van der Waals surface area (Å²) in [6.07, 6.45) is 0.674. The summed E-state index contributed by atoms with van der Waals surface area (Å²) < 4.78 is 10.6. The molecular weight excluding hydrogens is 432 g/mol. The maximum atomic E-state index is 13.1. The van der Waals surface area contributed by atoms with Gasteiger partial charge in [-0.15, -0.1) is 0 Å². The second kappa shape index (κ2) is 10.1. The highest BCUT2D eigenvalue weighted by atomic mass is 35.5. The fraction of sp³-hybridized carbons (Fsp3) is 0.333. The van der Waals surface area contributed by atoms with Gasteiger partial charge in [-0.25, -0.2) is 0 Å². The summed E-state index contributed by atoms with van der Waals surface area (Å²) in [5, 5.41) is 11.6. The van der Waals surface area contributed by atoms with Crippen molar-refractivity contribution in [2.45, 2.75) is 12.5 Å². The van der Waals surface area contributed by atoms with Crippen molar-refractivity contribution in [1.82, 2.24) is 9.80 Å². The zero-order valence-corrected chi connectivity index (χ0v) is 19.3. The molecule has 1 fully saturated rings. The van der Waals surface area contributed by atoms with Crippen molar-refractivity contribution in [2.75, 3.05) is 41.4 Å². The van der Waals surface area contributed by atoms with Gasteiger partial charge in [0.15, 0.2) is 11.5 Å². The third-order valence-electron chi connectivity index (χ3n) is 5.37. The zero-order valence-electron chi connectivity index (χ0n) is 18.6. The van der Waals surface area contributed by atoms with Gasteiger partial charge in [0.1, 0.15) is 5.76 Å². The second-order valence-corrected chi connectivity index (χ2v) is 8.21. The number of likely N-dealkylation sites (tertiary alicyclic amines) is 1. The highest BCUT2D eigenvalue weighted by Gasteiger charge is 2.45. The molecule has 0 radical (unpaired) electrons. The van der Waals surface area contributed by atoms with E-state index in [0.29, 0.717) is 40.6 Å². The van der Waals surface area contributed by atoms with Gasteiger partial charge in [-0.05, 0) is 63.0 Å². The number of Topliss-reactive ketones (excluding diaryl/α,β-unsaturated/α-hetero) is 1. The minimum absolute atomic E-state index is 0.0225. The maximum absolute atomic E-state index is 13.1. The van der Waals surface area contributed by atoms with Crippen LogP contribution in [0.4, 0.5) is 0 Å². The van der Waals surface area contributed by atoms with Gasteiger partial charge in [0.25, 0.3) is 11.7 Å². The Kier molecular flexibility index (Phi) is 7.43. The van der Waals surface area contributed by atoms with Crippen LogP contribution in [0.15, 0.2) is 48.0 Å². The van der Waals surface area contributed by atoms with Gasteiger partial charge in [-0.1, -0.05) is 23.7 Å². The smallest absolute Gasteiger partial charge is 0.295 e. The number of ether oxygens (including phenoxy) is 2. The molecule has 7 nitrogen and oxygen atoms in total. The van der Waals surface area contributed by atoms with Crippen LogP contribution >= 0.6 is 11.6 Å². The van der Waals surface area contributed by atoms with E-state index in [4.69, 9.17) is 21.1 Å². The number of carbonyl (C=O) groups is 2. The first-order valence-corrected chi connectivity index (χ1v) is 10.6. The van der Waals surface area contributed by atoms with Crippen LogP contribution in [0.1, 0.15) is 23.6 Å². The molecule has 0 spiro atoms. The third kappa shape index (κ3) is 4.74. The summed E-state index contributed by atoms with van der Waals surface area (Å²) in [6.45, 7) is 1.11. The highest BCUT2D eigenvalue weighted by Crippen LogP contribution is 2.41. The Morgan fingerprint density at radius 2 is 1.81 bits per heavy atom. The number of hydrogen-bond acceptors (Lipinski definition) is 6.